The van der Waals surface area contributed by atoms with Crippen molar-refractivity contribution in [3.63, 3.8) is 0 Å². The van der Waals surface area contributed by atoms with Gasteiger partial charge in [-0.15, -0.1) is 13.2 Å². The molecular formula is C14H18N2O2S. The first-order valence-corrected chi connectivity index (χ1v) is 7.64. The number of anilines is 2. The summed E-state index contributed by atoms with van der Waals surface area (Å²) in [6.07, 6.45) is 4.71. The predicted molar refractivity (Wildman–Crippen MR) is 79.7 cm³/mol. The number of benzene rings is 1. The van der Waals surface area contributed by atoms with Crippen LogP contribution in [0.3, 0.4) is 0 Å². The Morgan fingerprint density at radius 1 is 0.947 bits per heavy atom. The molecule has 0 radical (unpaired) electrons. The molecule has 2 rings (SSSR count). The van der Waals surface area contributed by atoms with E-state index in [9.17, 15) is 8.42 Å². The van der Waals surface area contributed by atoms with E-state index in [-0.39, 0.29) is 0 Å². The Labute approximate surface area is 114 Å². The number of nitrogens with zero attached hydrogens (tertiary/aromatic N) is 2. The molecule has 0 atom stereocenters. The fourth-order valence-electron chi connectivity index (χ4n) is 2.14. The molecule has 102 valence electrons. The van der Waals surface area contributed by atoms with Crippen molar-refractivity contribution in [3.05, 3.63) is 49.6 Å². The molecule has 5 heteroatoms. The van der Waals surface area contributed by atoms with Crippen molar-refractivity contribution in [3.8, 4) is 0 Å². The lowest BCUT2D eigenvalue weighted by Gasteiger charge is -2.20. The van der Waals surface area contributed by atoms with E-state index < -0.39 is 10.2 Å². The molecule has 0 saturated heterocycles. The van der Waals surface area contributed by atoms with Crippen LogP contribution in [0.25, 0.3) is 0 Å². The van der Waals surface area contributed by atoms with E-state index in [1.54, 1.807) is 12.2 Å². The standard InChI is InChI=1S/C14H18N2O2S/c1-3-5-11-15-13-9-7-8-10-14(13)16(12-6-4-2)19(15,17)18/h3-4,7-10H,1-2,5-6,11-12H2. The second-order valence-electron chi connectivity index (χ2n) is 4.30. The second kappa shape index (κ2) is 5.48. The topological polar surface area (TPSA) is 40.6 Å². The van der Waals surface area contributed by atoms with Gasteiger partial charge in [-0.2, -0.15) is 8.42 Å². The van der Waals surface area contributed by atoms with Crippen molar-refractivity contribution in [2.75, 3.05) is 21.7 Å². The number of hydrogen-bond donors (Lipinski definition) is 0. The maximum Gasteiger partial charge on any atom is 0.326 e. The van der Waals surface area contributed by atoms with Gasteiger partial charge in [-0.25, -0.2) is 0 Å². The lowest BCUT2D eigenvalue weighted by atomic mass is 10.2. The van der Waals surface area contributed by atoms with Gasteiger partial charge in [-0.1, -0.05) is 24.3 Å². The Hall–Kier alpha value is -1.75. The maximum atomic E-state index is 12.5. The van der Waals surface area contributed by atoms with Crippen LogP contribution in [0.1, 0.15) is 12.8 Å². The fraction of sp³-hybridized carbons (Fsp3) is 0.286. The van der Waals surface area contributed by atoms with E-state index >= 15 is 0 Å². The van der Waals surface area contributed by atoms with Gasteiger partial charge < -0.3 is 0 Å². The molecule has 1 aliphatic heterocycles. The van der Waals surface area contributed by atoms with Crippen molar-refractivity contribution in [2.45, 2.75) is 12.8 Å². The van der Waals surface area contributed by atoms with Crippen LogP contribution in [0.5, 0.6) is 0 Å². The minimum atomic E-state index is -3.46. The van der Waals surface area contributed by atoms with Gasteiger partial charge in [0.25, 0.3) is 0 Å². The summed E-state index contributed by atoms with van der Waals surface area (Å²) in [6, 6.07) is 7.38. The second-order valence-corrected chi connectivity index (χ2v) is 6.07. The lowest BCUT2D eigenvalue weighted by molar-refractivity contribution is 0.589. The highest BCUT2D eigenvalue weighted by Crippen LogP contribution is 2.40. The highest BCUT2D eigenvalue weighted by molar-refractivity contribution is 7.94. The van der Waals surface area contributed by atoms with Crippen LogP contribution < -0.4 is 8.61 Å². The zero-order valence-corrected chi connectivity index (χ0v) is 11.6. The van der Waals surface area contributed by atoms with Crippen LogP contribution in [-0.4, -0.2) is 21.5 Å². The number of fused-ring (bicyclic) bond motifs is 1. The Kier molecular flexibility index (Phi) is 3.95. The van der Waals surface area contributed by atoms with Gasteiger partial charge in [-0.05, 0) is 25.0 Å². The summed E-state index contributed by atoms with van der Waals surface area (Å²) in [5.74, 6) is 0. The molecule has 0 saturated carbocycles. The third kappa shape index (κ3) is 2.38. The van der Waals surface area contributed by atoms with Gasteiger partial charge in [0.15, 0.2) is 0 Å². The summed E-state index contributed by atoms with van der Waals surface area (Å²) in [4.78, 5) is 0. The summed E-state index contributed by atoms with van der Waals surface area (Å²) < 4.78 is 28.0. The van der Waals surface area contributed by atoms with Crippen LogP contribution in [0.4, 0.5) is 11.4 Å². The summed E-state index contributed by atoms with van der Waals surface area (Å²) >= 11 is 0. The van der Waals surface area contributed by atoms with Crippen molar-refractivity contribution < 1.29 is 8.42 Å². The van der Waals surface area contributed by atoms with E-state index in [1.165, 1.54) is 8.61 Å². The SMILES string of the molecule is C=CCCN1c2ccccc2N(CCC=C)S1(=O)=O. The van der Waals surface area contributed by atoms with E-state index in [2.05, 4.69) is 13.2 Å². The molecule has 4 nitrogen and oxygen atoms in total. The van der Waals surface area contributed by atoms with Crippen molar-refractivity contribution >= 4 is 21.6 Å². The molecule has 1 aromatic carbocycles. The molecule has 0 fully saturated rings. The van der Waals surface area contributed by atoms with E-state index in [0.717, 1.165) is 11.4 Å². The molecule has 1 aromatic rings. The molecule has 1 aliphatic rings. The van der Waals surface area contributed by atoms with Gasteiger partial charge in [0.2, 0.25) is 0 Å². The smallest absolute Gasteiger partial charge is 0.251 e. The van der Waals surface area contributed by atoms with Gasteiger partial charge in [0, 0.05) is 13.1 Å². The number of hydrogen-bond acceptors (Lipinski definition) is 2. The lowest BCUT2D eigenvalue weighted by Crippen LogP contribution is -2.38. The first kappa shape index (κ1) is 13.7. The van der Waals surface area contributed by atoms with Crippen LogP contribution in [0.2, 0.25) is 0 Å². The Balaban J connectivity index is 2.41. The van der Waals surface area contributed by atoms with Crippen LogP contribution in [0, 0.1) is 0 Å². The minimum absolute atomic E-state index is 0.424. The zero-order chi connectivity index (χ0) is 13.9. The van der Waals surface area contributed by atoms with E-state index in [0.29, 0.717) is 25.9 Å². The molecule has 0 amide bonds. The summed E-state index contributed by atoms with van der Waals surface area (Å²) in [7, 11) is -3.46. The Morgan fingerprint density at radius 3 is 1.74 bits per heavy atom. The molecule has 0 bridgehead atoms. The van der Waals surface area contributed by atoms with Crippen LogP contribution in [0.15, 0.2) is 49.6 Å². The Bertz CT molecular complexity index is 536. The summed E-state index contributed by atoms with van der Waals surface area (Å²) in [5.41, 5.74) is 1.49. The largest absolute Gasteiger partial charge is 0.326 e. The van der Waals surface area contributed by atoms with Crippen molar-refractivity contribution in [1.82, 2.24) is 0 Å². The molecule has 0 unspecified atom stereocenters. The third-order valence-electron chi connectivity index (χ3n) is 3.05. The minimum Gasteiger partial charge on any atom is -0.251 e. The van der Waals surface area contributed by atoms with E-state index in [1.807, 2.05) is 24.3 Å². The molecule has 0 aliphatic carbocycles. The first-order chi connectivity index (χ1) is 9.12. The number of rotatable bonds is 6. The average Bonchev–Trinajstić information content (AvgIpc) is 2.61. The van der Waals surface area contributed by atoms with Crippen LogP contribution >= 0.6 is 0 Å². The van der Waals surface area contributed by atoms with Gasteiger partial charge in [-0.3, -0.25) is 8.61 Å². The summed E-state index contributed by atoms with van der Waals surface area (Å²) in [6.45, 7) is 8.14. The first-order valence-electron chi connectivity index (χ1n) is 6.24. The maximum absolute atomic E-state index is 12.5. The molecular weight excluding hydrogens is 260 g/mol. The molecule has 1 heterocycles. The third-order valence-corrected chi connectivity index (χ3v) is 4.92. The molecule has 19 heavy (non-hydrogen) atoms. The normalized spacial score (nSPS) is 16.2. The van der Waals surface area contributed by atoms with Gasteiger partial charge in [0.1, 0.15) is 0 Å². The van der Waals surface area contributed by atoms with Crippen LogP contribution in [-0.2, 0) is 10.2 Å². The van der Waals surface area contributed by atoms with Gasteiger partial charge in [0.05, 0.1) is 11.4 Å². The average molecular weight is 278 g/mol. The fourth-order valence-corrected chi connectivity index (χ4v) is 3.86. The van der Waals surface area contributed by atoms with Gasteiger partial charge >= 0.3 is 10.2 Å². The zero-order valence-electron chi connectivity index (χ0n) is 10.8. The summed E-state index contributed by atoms with van der Waals surface area (Å²) in [5, 5.41) is 0. The quantitative estimate of drug-likeness (QED) is 0.751. The molecule has 0 N–H and O–H groups in total. The Morgan fingerprint density at radius 2 is 1.37 bits per heavy atom. The highest BCUT2D eigenvalue weighted by Gasteiger charge is 2.38. The van der Waals surface area contributed by atoms with Crippen molar-refractivity contribution in [1.29, 1.82) is 0 Å². The highest BCUT2D eigenvalue weighted by atomic mass is 32.2. The van der Waals surface area contributed by atoms with Crippen molar-refractivity contribution in [2.24, 2.45) is 0 Å². The van der Waals surface area contributed by atoms with E-state index in [4.69, 9.17) is 0 Å². The monoisotopic (exact) mass is 278 g/mol. The molecule has 0 aromatic heterocycles. The number of para-hydroxylation sites is 2. The predicted octanol–water partition coefficient (Wildman–Crippen LogP) is 2.71. The molecule has 0 spiro atoms.